The topological polar surface area (TPSA) is 95.9 Å². The number of aliphatic carboxylic acids is 1. The highest BCUT2D eigenvalue weighted by atomic mass is 16.5. The Morgan fingerprint density at radius 2 is 1.94 bits per heavy atom. The molecule has 0 saturated carbocycles. The first kappa shape index (κ1) is 12.9. The molecule has 1 saturated heterocycles. The van der Waals surface area contributed by atoms with Crippen LogP contribution in [0.1, 0.15) is 19.3 Å². The van der Waals surface area contributed by atoms with Gasteiger partial charge in [0, 0.05) is 26.2 Å². The maximum absolute atomic E-state index is 11.5. The Hall–Kier alpha value is -1.14. The number of amides is 1. The van der Waals surface area contributed by atoms with E-state index in [0.717, 1.165) is 0 Å². The van der Waals surface area contributed by atoms with E-state index in [-0.39, 0.29) is 25.5 Å². The molecule has 92 valence electrons. The van der Waals surface area contributed by atoms with Gasteiger partial charge in [-0.05, 0) is 12.8 Å². The zero-order valence-corrected chi connectivity index (χ0v) is 9.07. The van der Waals surface area contributed by atoms with Crippen molar-refractivity contribution in [3.05, 3.63) is 0 Å². The Labute approximate surface area is 93.6 Å². The van der Waals surface area contributed by atoms with Gasteiger partial charge in [0.15, 0.2) is 0 Å². The third-order valence-electron chi connectivity index (χ3n) is 2.84. The summed E-state index contributed by atoms with van der Waals surface area (Å²) in [5, 5.41) is 20.2. The number of carboxylic acids is 1. The first-order valence-corrected chi connectivity index (χ1v) is 5.29. The number of aliphatic hydroxyl groups excluding tert-OH is 1. The summed E-state index contributed by atoms with van der Waals surface area (Å²) in [7, 11) is 0. The zero-order valence-electron chi connectivity index (χ0n) is 9.07. The zero-order chi connectivity index (χ0) is 12.0. The number of hydrogen-bond donors (Lipinski definition) is 3. The fraction of sp³-hybridized carbons (Fsp3) is 0.800. The Morgan fingerprint density at radius 1 is 1.31 bits per heavy atom. The van der Waals surface area contributed by atoms with E-state index in [9.17, 15) is 14.7 Å². The second-order valence-electron chi connectivity index (χ2n) is 3.95. The fourth-order valence-electron chi connectivity index (χ4n) is 1.79. The molecule has 0 aromatic rings. The second-order valence-corrected chi connectivity index (χ2v) is 3.95. The van der Waals surface area contributed by atoms with E-state index in [2.05, 4.69) is 5.32 Å². The van der Waals surface area contributed by atoms with E-state index >= 15 is 0 Å². The van der Waals surface area contributed by atoms with Gasteiger partial charge in [0.1, 0.15) is 0 Å². The number of carboxylic acid groups (broad SMARTS) is 1. The Kier molecular flexibility index (Phi) is 4.70. The second kappa shape index (κ2) is 5.81. The minimum Gasteiger partial charge on any atom is -0.481 e. The van der Waals surface area contributed by atoms with Crippen molar-refractivity contribution in [2.75, 3.05) is 26.4 Å². The van der Waals surface area contributed by atoms with Gasteiger partial charge >= 0.3 is 5.97 Å². The summed E-state index contributed by atoms with van der Waals surface area (Å²) in [4.78, 5) is 22.7. The molecular weight excluding hydrogens is 214 g/mol. The van der Waals surface area contributed by atoms with E-state index in [1.807, 2.05) is 0 Å². The smallest absolute Gasteiger partial charge is 0.310 e. The fourth-order valence-corrected chi connectivity index (χ4v) is 1.79. The lowest BCUT2D eigenvalue weighted by Crippen LogP contribution is -2.42. The van der Waals surface area contributed by atoms with Gasteiger partial charge in [0.05, 0.1) is 12.0 Å². The normalized spacial score (nSPS) is 19.1. The molecular formula is C10H17NO5. The van der Waals surface area contributed by atoms with E-state index < -0.39 is 11.4 Å². The summed E-state index contributed by atoms with van der Waals surface area (Å²) < 4.78 is 5.10. The van der Waals surface area contributed by atoms with Gasteiger partial charge in [0.2, 0.25) is 5.91 Å². The van der Waals surface area contributed by atoms with Crippen molar-refractivity contribution >= 4 is 11.9 Å². The van der Waals surface area contributed by atoms with Gasteiger partial charge in [-0.15, -0.1) is 0 Å². The highest BCUT2D eigenvalue weighted by molar-refractivity contribution is 5.85. The van der Waals surface area contributed by atoms with E-state index in [1.54, 1.807) is 0 Å². The molecule has 0 aliphatic carbocycles. The van der Waals surface area contributed by atoms with E-state index in [1.165, 1.54) is 0 Å². The average molecular weight is 231 g/mol. The molecule has 1 fully saturated rings. The van der Waals surface area contributed by atoms with Crippen LogP contribution in [-0.4, -0.2) is 48.5 Å². The molecule has 1 rings (SSSR count). The molecule has 0 spiro atoms. The van der Waals surface area contributed by atoms with Crippen molar-refractivity contribution in [1.82, 2.24) is 5.32 Å². The lowest BCUT2D eigenvalue weighted by atomic mass is 9.77. The van der Waals surface area contributed by atoms with Gasteiger partial charge < -0.3 is 20.3 Å². The minimum absolute atomic E-state index is 0.0499. The minimum atomic E-state index is -1.00. The van der Waals surface area contributed by atoms with Crippen LogP contribution >= 0.6 is 0 Å². The molecule has 1 aliphatic rings. The third-order valence-corrected chi connectivity index (χ3v) is 2.84. The van der Waals surface area contributed by atoms with E-state index in [0.29, 0.717) is 26.1 Å². The van der Waals surface area contributed by atoms with Crippen molar-refractivity contribution in [3.8, 4) is 0 Å². The van der Waals surface area contributed by atoms with Crippen molar-refractivity contribution < 1.29 is 24.5 Å². The van der Waals surface area contributed by atoms with Crippen molar-refractivity contribution in [2.24, 2.45) is 5.41 Å². The molecule has 1 aliphatic heterocycles. The van der Waals surface area contributed by atoms with Gasteiger partial charge in [-0.3, -0.25) is 9.59 Å². The summed E-state index contributed by atoms with van der Waals surface area (Å²) >= 11 is 0. The molecule has 0 unspecified atom stereocenters. The summed E-state index contributed by atoms with van der Waals surface area (Å²) in [5.74, 6) is -1.28. The van der Waals surface area contributed by atoms with E-state index in [4.69, 9.17) is 9.84 Å². The van der Waals surface area contributed by atoms with Crippen LogP contribution < -0.4 is 5.32 Å². The summed E-state index contributed by atoms with van der Waals surface area (Å²) in [6.45, 7) is 0.763. The van der Waals surface area contributed by atoms with Crippen molar-refractivity contribution in [2.45, 2.75) is 19.3 Å². The monoisotopic (exact) mass is 231 g/mol. The maximum Gasteiger partial charge on any atom is 0.310 e. The first-order valence-electron chi connectivity index (χ1n) is 5.29. The molecule has 6 heteroatoms. The quantitative estimate of drug-likeness (QED) is 0.585. The predicted molar refractivity (Wildman–Crippen MR) is 54.8 cm³/mol. The van der Waals surface area contributed by atoms with Crippen LogP contribution in [0.5, 0.6) is 0 Å². The van der Waals surface area contributed by atoms with Crippen molar-refractivity contribution in [1.29, 1.82) is 0 Å². The lowest BCUT2D eigenvalue weighted by molar-refractivity contribution is -0.158. The Bertz CT molecular complexity index is 260. The molecule has 0 bridgehead atoms. The van der Waals surface area contributed by atoms with Crippen molar-refractivity contribution in [3.63, 3.8) is 0 Å². The number of ether oxygens (including phenoxy) is 1. The molecule has 0 aromatic heterocycles. The van der Waals surface area contributed by atoms with Crippen LogP contribution in [0.15, 0.2) is 0 Å². The predicted octanol–water partition coefficient (Wildman–Crippen LogP) is -0.634. The summed E-state index contributed by atoms with van der Waals surface area (Å²) in [5.41, 5.74) is -1.00. The van der Waals surface area contributed by atoms with Crippen LogP contribution in [0, 0.1) is 5.41 Å². The largest absolute Gasteiger partial charge is 0.481 e. The molecule has 3 N–H and O–H groups in total. The number of aliphatic hydroxyl groups is 1. The summed E-state index contributed by atoms with van der Waals surface area (Å²) in [6, 6.07) is 0. The number of hydrogen-bond acceptors (Lipinski definition) is 4. The van der Waals surface area contributed by atoms with Gasteiger partial charge in [-0.25, -0.2) is 0 Å². The summed E-state index contributed by atoms with van der Waals surface area (Å²) in [6.07, 6.45) is 0.662. The van der Waals surface area contributed by atoms with Gasteiger partial charge in [-0.2, -0.15) is 0 Å². The number of nitrogens with one attached hydrogen (secondary N) is 1. The molecule has 16 heavy (non-hydrogen) atoms. The third kappa shape index (κ3) is 3.18. The lowest BCUT2D eigenvalue weighted by Gasteiger charge is -2.32. The molecule has 1 heterocycles. The highest BCUT2D eigenvalue weighted by Crippen LogP contribution is 2.34. The van der Waals surface area contributed by atoms with Crippen LogP contribution in [0.2, 0.25) is 0 Å². The first-order chi connectivity index (χ1) is 7.60. The average Bonchev–Trinajstić information content (AvgIpc) is 2.27. The molecule has 0 radical (unpaired) electrons. The maximum atomic E-state index is 11.5. The Balaban J connectivity index is 2.56. The highest BCUT2D eigenvalue weighted by Gasteiger charge is 2.41. The number of rotatable bonds is 5. The molecule has 0 atom stereocenters. The molecule has 6 nitrogen and oxygen atoms in total. The van der Waals surface area contributed by atoms with Crippen LogP contribution in [-0.2, 0) is 14.3 Å². The van der Waals surface area contributed by atoms with Crippen LogP contribution in [0.25, 0.3) is 0 Å². The Morgan fingerprint density at radius 3 is 2.44 bits per heavy atom. The van der Waals surface area contributed by atoms with Crippen LogP contribution in [0.4, 0.5) is 0 Å². The number of carbonyl (C=O) groups excluding carboxylic acids is 1. The molecule has 0 aromatic carbocycles. The van der Waals surface area contributed by atoms with Crippen LogP contribution in [0.3, 0.4) is 0 Å². The van der Waals surface area contributed by atoms with Gasteiger partial charge in [-0.1, -0.05) is 0 Å². The SMILES string of the molecule is O=C(CC1(C(=O)O)CCOCC1)NCCO. The number of carbonyl (C=O) groups is 2. The molecule has 1 amide bonds. The van der Waals surface area contributed by atoms with Gasteiger partial charge in [0.25, 0.3) is 0 Å². The standard InChI is InChI=1S/C10H17NO5/c12-4-3-11-8(13)7-10(9(14)15)1-5-16-6-2-10/h12H,1-7H2,(H,11,13)(H,14,15).